The van der Waals surface area contributed by atoms with Gasteiger partial charge in [-0.1, -0.05) is 0 Å². The van der Waals surface area contributed by atoms with Gasteiger partial charge in [0.2, 0.25) is 0 Å². The quantitative estimate of drug-likeness (QED) is 0.520. The molecular weight excluding hydrogens is 188 g/mol. The SMILES string of the molecule is O=COc1cccs1.[Cu]. The summed E-state index contributed by atoms with van der Waals surface area (Å²) < 4.78 is 4.48. The molecule has 2 nitrogen and oxygen atoms in total. The fraction of sp³-hybridized carbons (Fsp3) is 0. The first-order chi connectivity index (χ1) is 3.93. The van der Waals surface area contributed by atoms with Crippen molar-refractivity contribution in [3.05, 3.63) is 17.5 Å². The molecule has 0 fully saturated rings. The second-order valence-corrected chi connectivity index (χ2v) is 2.06. The molecule has 1 aromatic rings. The van der Waals surface area contributed by atoms with Gasteiger partial charge in [0.05, 0.1) is 0 Å². The summed E-state index contributed by atoms with van der Waals surface area (Å²) >= 11 is 1.39. The molecule has 0 saturated carbocycles. The van der Waals surface area contributed by atoms with E-state index in [1.165, 1.54) is 11.3 Å². The standard InChI is InChI=1S/C5H4O2S.Cu/c6-4-7-5-2-1-3-8-5;/h1-4H;. The van der Waals surface area contributed by atoms with E-state index >= 15 is 0 Å². The first-order valence-corrected chi connectivity index (χ1v) is 2.95. The predicted octanol–water partition coefficient (Wildman–Crippen LogP) is 1.28. The Labute approximate surface area is 67.3 Å². The Hall–Kier alpha value is -0.311. The number of rotatable bonds is 2. The molecule has 0 N–H and O–H groups in total. The van der Waals surface area contributed by atoms with Gasteiger partial charge in [0, 0.05) is 17.1 Å². The Morgan fingerprint density at radius 3 is 2.89 bits per heavy atom. The number of thiophene rings is 1. The molecule has 0 amide bonds. The summed E-state index contributed by atoms with van der Waals surface area (Å²) in [6.07, 6.45) is 0. The van der Waals surface area contributed by atoms with Crippen molar-refractivity contribution in [2.24, 2.45) is 0 Å². The van der Waals surface area contributed by atoms with E-state index in [0.29, 0.717) is 11.5 Å². The Morgan fingerprint density at radius 2 is 2.44 bits per heavy atom. The van der Waals surface area contributed by atoms with Gasteiger partial charge in [0.25, 0.3) is 6.47 Å². The summed E-state index contributed by atoms with van der Waals surface area (Å²) in [4.78, 5) is 9.66. The zero-order valence-electron chi connectivity index (χ0n) is 4.34. The summed E-state index contributed by atoms with van der Waals surface area (Å²) in [5, 5.41) is 2.48. The third-order valence-corrected chi connectivity index (χ3v) is 1.42. The van der Waals surface area contributed by atoms with Gasteiger partial charge in [0.1, 0.15) is 0 Å². The molecule has 0 atom stereocenters. The normalized spacial score (nSPS) is 7.56. The third kappa shape index (κ3) is 2.65. The molecule has 1 heterocycles. The first-order valence-electron chi connectivity index (χ1n) is 2.07. The van der Waals surface area contributed by atoms with E-state index in [-0.39, 0.29) is 17.1 Å². The van der Waals surface area contributed by atoms with Crippen LogP contribution in [0.4, 0.5) is 0 Å². The molecule has 9 heavy (non-hydrogen) atoms. The van der Waals surface area contributed by atoms with E-state index in [1.807, 2.05) is 11.4 Å². The van der Waals surface area contributed by atoms with E-state index in [2.05, 4.69) is 4.74 Å². The van der Waals surface area contributed by atoms with Crippen molar-refractivity contribution < 1.29 is 26.6 Å². The smallest absolute Gasteiger partial charge is 0.299 e. The zero-order chi connectivity index (χ0) is 5.82. The van der Waals surface area contributed by atoms with Gasteiger partial charge >= 0.3 is 0 Å². The summed E-state index contributed by atoms with van der Waals surface area (Å²) in [6.45, 7) is 0.422. The Morgan fingerprint density at radius 1 is 1.67 bits per heavy atom. The van der Waals surface area contributed by atoms with Gasteiger partial charge < -0.3 is 4.74 Å². The van der Waals surface area contributed by atoms with Crippen LogP contribution in [0.3, 0.4) is 0 Å². The van der Waals surface area contributed by atoms with Crippen LogP contribution in [0.25, 0.3) is 0 Å². The number of carbonyl (C=O) groups excluding carboxylic acids is 1. The molecule has 1 rings (SSSR count). The minimum atomic E-state index is 0. The van der Waals surface area contributed by atoms with Crippen molar-refractivity contribution in [3.8, 4) is 5.06 Å². The number of carbonyl (C=O) groups is 1. The fourth-order valence-electron chi connectivity index (χ4n) is 0.378. The summed E-state index contributed by atoms with van der Waals surface area (Å²) in [7, 11) is 0. The molecule has 0 aliphatic heterocycles. The van der Waals surface area contributed by atoms with Crippen LogP contribution < -0.4 is 4.74 Å². The van der Waals surface area contributed by atoms with Crippen molar-refractivity contribution in [2.75, 3.05) is 0 Å². The molecule has 0 aliphatic rings. The van der Waals surface area contributed by atoms with Crippen LogP contribution in [0.5, 0.6) is 5.06 Å². The molecule has 4 heteroatoms. The van der Waals surface area contributed by atoms with Gasteiger partial charge in [-0.15, -0.1) is 11.3 Å². The maximum Gasteiger partial charge on any atom is 0.299 e. The number of hydrogen-bond acceptors (Lipinski definition) is 3. The zero-order valence-corrected chi connectivity index (χ0v) is 6.09. The van der Waals surface area contributed by atoms with Gasteiger partial charge in [-0.2, -0.15) is 0 Å². The molecule has 0 spiro atoms. The van der Waals surface area contributed by atoms with Crippen LogP contribution in [0, 0.1) is 0 Å². The molecule has 1 aromatic heterocycles. The Balaban J connectivity index is 0.000000640. The molecule has 53 valence electrons. The second-order valence-electron chi connectivity index (χ2n) is 1.15. The summed E-state index contributed by atoms with van der Waals surface area (Å²) in [5.41, 5.74) is 0. The summed E-state index contributed by atoms with van der Waals surface area (Å²) in [5.74, 6) is 0. The van der Waals surface area contributed by atoms with Gasteiger partial charge in [-0.3, -0.25) is 4.79 Å². The molecule has 0 unspecified atom stereocenters. The Bertz CT molecular complexity index is 161. The van der Waals surface area contributed by atoms with Crippen LogP contribution in [0.1, 0.15) is 0 Å². The van der Waals surface area contributed by atoms with E-state index in [1.54, 1.807) is 6.07 Å². The minimum absolute atomic E-state index is 0. The number of hydrogen-bond donors (Lipinski definition) is 0. The van der Waals surface area contributed by atoms with E-state index in [0.717, 1.165) is 0 Å². The Kier molecular flexibility index (Phi) is 4.40. The first kappa shape index (κ1) is 8.69. The van der Waals surface area contributed by atoms with E-state index in [9.17, 15) is 4.79 Å². The van der Waals surface area contributed by atoms with Crippen molar-refractivity contribution in [1.29, 1.82) is 0 Å². The maximum atomic E-state index is 9.66. The van der Waals surface area contributed by atoms with Gasteiger partial charge in [-0.05, 0) is 17.5 Å². The van der Waals surface area contributed by atoms with Crippen molar-refractivity contribution in [2.45, 2.75) is 0 Å². The molecule has 1 radical (unpaired) electrons. The van der Waals surface area contributed by atoms with Crippen molar-refractivity contribution in [3.63, 3.8) is 0 Å². The van der Waals surface area contributed by atoms with Crippen molar-refractivity contribution in [1.82, 2.24) is 0 Å². The summed E-state index contributed by atoms with van der Waals surface area (Å²) in [6, 6.07) is 3.56. The van der Waals surface area contributed by atoms with Gasteiger partial charge in [-0.25, -0.2) is 0 Å². The van der Waals surface area contributed by atoms with E-state index in [4.69, 9.17) is 0 Å². The largest absolute Gasteiger partial charge is 0.418 e. The van der Waals surface area contributed by atoms with Crippen molar-refractivity contribution >= 4 is 17.8 Å². The molecular formula is C5H4CuO2S. The van der Waals surface area contributed by atoms with Crippen LogP contribution in [0.2, 0.25) is 0 Å². The maximum absolute atomic E-state index is 9.66. The topological polar surface area (TPSA) is 26.3 Å². The van der Waals surface area contributed by atoms with Crippen LogP contribution in [-0.2, 0) is 21.9 Å². The second kappa shape index (κ2) is 4.56. The molecule has 0 aromatic carbocycles. The third-order valence-electron chi connectivity index (χ3n) is 0.659. The number of ether oxygens (including phenoxy) is 1. The predicted molar refractivity (Wildman–Crippen MR) is 31.0 cm³/mol. The average Bonchev–Trinajstić information content (AvgIpc) is 2.19. The molecule has 0 aliphatic carbocycles. The van der Waals surface area contributed by atoms with Crippen LogP contribution in [0.15, 0.2) is 17.5 Å². The monoisotopic (exact) mass is 191 g/mol. The van der Waals surface area contributed by atoms with E-state index < -0.39 is 0 Å². The van der Waals surface area contributed by atoms with Crippen LogP contribution >= 0.6 is 11.3 Å². The van der Waals surface area contributed by atoms with Crippen LogP contribution in [-0.4, -0.2) is 6.47 Å². The average molecular weight is 192 g/mol. The molecule has 0 saturated heterocycles. The molecule has 0 bridgehead atoms. The fourth-order valence-corrected chi connectivity index (χ4v) is 0.921. The minimum Gasteiger partial charge on any atom is -0.418 e. The van der Waals surface area contributed by atoms with Gasteiger partial charge in [0.15, 0.2) is 5.06 Å².